The quantitative estimate of drug-likeness (QED) is 0.637. The van der Waals surface area contributed by atoms with Crippen molar-refractivity contribution < 1.29 is 13.9 Å². The molecule has 1 atom stereocenters. The van der Waals surface area contributed by atoms with Crippen molar-refractivity contribution in [2.24, 2.45) is 0 Å². The highest BCUT2D eigenvalue weighted by atomic mass is 16.5. The van der Waals surface area contributed by atoms with Crippen LogP contribution in [0.2, 0.25) is 0 Å². The fourth-order valence-corrected chi connectivity index (χ4v) is 3.69. The molecule has 1 saturated carbocycles. The first-order valence-corrected chi connectivity index (χ1v) is 9.41. The maximum Gasteiger partial charge on any atom is 0.340 e. The SMILES string of the molecule is Cc1c(Cc2ccccc2)c(=O)oc2cc(O[C@H]3CCCCC3=O)ccc12. The Labute approximate surface area is 157 Å². The number of hydrogen-bond acceptors (Lipinski definition) is 4. The summed E-state index contributed by atoms with van der Waals surface area (Å²) in [6.07, 6.45) is 3.42. The van der Waals surface area contributed by atoms with Gasteiger partial charge in [-0.1, -0.05) is 30.3 Å². The third-order valence-electron chi connectivity index (χ3n) is 5.26. The third kappa shape index (κ3) is 3.65. The van der Waals surface area contributed by atoms with Crippen molar-refractivity contribution in [1.82, 2.24) is 0 Å². The molecule has 0 aliphatic heterocycles. The summed E-state index contributed by atoms with van der Waals surface area (Å²) in [5.41, 5.74) is 2.84. The summed E-state index contributed by atoms with van der Waals surface area (Å²) in [6.45, 7) is 1.95. The average Bonchev–Trinajstić information content (AvgIpc) is 2.68. The van der Waals surface area contributed by atoms with Crippen molar-refractivity contribution in [3.63, 3.8) is 0 Å². The summed E-state index contributed by atoms with van der Waals surface area (Å²) in [5.74, 6) is 0.721. The van der Waals surface area contributed by atoms with Crippen LogP contribution in [0.1, 0.15) is 42.4 Å². The predicted octanol–water partition coefficient (Wildman–Crippen LogP) is 4.58. The molecule has 1 aliphatic carbocycles. The highest BCUT2D eigenvalue weighted by Crippen LogP contribution is 2.27. The second kappa shape index (κ2) is 7.39. The van der Waals surface area contributed by atoms with Crippen LogP contribution in [-0.4, -0.2) is 11.9 Å². The average molecular weight is 362 g/mol. The Morgan fingerprint density at radius 3 is 2.67 bits per heavy atom. The zero-order valence-corrected chi connectivity index (χ0v) is 15.4. The van der Waals surface area contributed by atoms with Gasteiger partial charge in [-0.25, -0.2) is 4.79 Å². The zero-order valence-electron chi connectivity index (χ0n) is 15.4. The lowest BCUT2D eigenvalue weighted by Gasteiger charge is -2.22. The normalized spacial score (nSPS) is 17.2. The molecule has 2 aromatic carbocycles. The van der Waals surface area contributed by atoms with Crippen molar-refractivity contribution in [2.75, 3.05) is 0 Å². The molecule has 1 heterocycles. The van der Waals surface area contributed by atoms with E-state index in [1.807, 2.05) is 49.4 Å². The van der Waals surface area contributed by atoms with E-state index in [9.17, 15) is 9.59 Å². The molecule has 1 aliphatic rings. The Kier molecular flexibility index (Phi) is 4.80. The van der Waals surface area contributed by atoms with E-state index in [0.717, 1.165) is 35.8 Å². The van der Waals surface area contributed by atoms with E-state index in [4.69, 9.17) is 9.15 Å². The molecule has 138 valence electrons. The van der Waals surface area contributed by atoms with Crippen LogP contribution in [0.3, 0.4) is 0 Å². The summed E-state index contributed by atoms with van der Waals surface area (Å²) >= 11 is 0. The van der Waals surface area contributed by atoms with Crippen molar-refractivity contribution in [3.05, 3.63) is 75.6 Å². The molecular weight excluding hydrogens is 340 g/mol. The fourth-order valence-electron chi connectivity index (χ4n) is 3.69. The Morgan fingerprint density at radius 1 is 1.07 bits per heavy atom. The minimum atomic E-state index is -0.388. The van der Waals surface area contributed by atoms with Crippen molar-refractivity contribution in [3.8, 4) is 5.75 Å². The topological polar surface area (TPSA) is 56.5 Å². The van der Waals surface area contributed by atoms with Gasteiger partial charge in [-0.3, -0.25) is 4.79 Å². The molecule has 0 radical (unpaired) electrons. The van der Waals surface area contributed by atoms with Crippen molar-refractivity contribution >= 4 is 16.8 Å². The lowest BCUT2D eigenvalue weighted by atomic mass is 9.96. The zero-order chi connectivity index (χ0) is 18.8. The van der Waals surface area contributed by atoms with Crippen LogP contribution in [0.4, 0.5) is 0 Å². The minimum absolute atomic E-state index is 0.150. The van der Waals surface area contributed by atoms with Crippen LogP contribution >= 0.6 is 0 Å². The van der Waals surface area contributed by atoms with E-state index in [1.165, 1.54) is 0 Å². The smallest absolute Gasteiger partial charge is 0.340 e. The summed E-state index contributed by atoms with van der Waals surface area (Å²) in [5, 5.41) is 0.892. The number of carbonyl (C=O) groups is 1. The maximum absolute atomic E-state index is 12.6. The van der Waals surface area contributed by atoms with Gasteiger partial charge in [0, 0.05) is 29.9 Å². The second-order valence-corrected chi connectivity index (χ2v) is 7.13. The number of carbonyl (C=O) groups excluding carboxylic acids is 1. The third-order valence-corrected chi connectivity index (χ3v) is 5.26. The molecule has 0 bridgehead atoms. The molecule has 3 aromatic rings. The van der Waals surface area contributed by atoms with Gasteiger partial charge in [0.15, 0.2) is 11.9 Å². The Balaban J connectivity index is 1.66. The Hall–Kier alpha value is -2.88. The monoisotopic (exact) mass is 362 g/mol. The number of fused-ring (bicyclic) bond motifs is 1. The minimum Gasteiger partial charge on any atom is -0.483 e. The van der Waals surface area contributed by atoms with E-state index in [-0.39, 0.29) is 17.5 Å². The second-order valence-electron chi connectivity index (χ2n) is 7.13. The molecule has 0 N–H and O–H groups in total. The molecule has 0 unspecified atom stereocenters. The molecule has 1 fully saturated rings. The maximum atomic E-state index is 12.6. The van der Waals surface area contributed by atoms with Crippen LogP contribution in [0.15, 0.2) is 57.7 Å². The van der Waals surface area contributed by atoms with E-state index in [2.05, 4.69) is 0 Å². The standard InChI is InChI=1S/C23H22O4/c1-15-18-12-11-17(26-21-10-6-5-9-20(21)24)14-22(18)27-23(25)19(15)13-16-7-3-2-4-8-16/h2-4,7-8,11-12,14,21H,5-6,9-10,13H2,1H3/t21-/m0/s1. The van der Waals surface area contributed by atoms with E-state index in [1.54, 1.807) is 6.07 Å². The number of ether oxygens (including phenoxy) is 1. The number of rotatable bonds is 4. The Bertz CT molecular complexity index is 1030. The van der Waals surface area contributed by atoms with Gasteiger partial charge in [0.05, 0.1) is 0 Å². The lowest BCUT2D eigenvalue weighted by Crippen LogP contribution is -2.30. The molecule has 4 heteroatoms. The summed E-state index contributed by atoms with van der Waals surface area (Å²) < 4.78 is 11.5. The van der Waals surface area contributed by atoms with Crippen molar-refractivity contribution in [1.29, 1.82) is 0 Å². The molecule has 0 saturated heterocycles. The van der Waals surface area contributed by atoms with Crippen LogP contribution in [0.5, 0.6) is 5.75 Å². The number of Topliss-reactive ketones (excluding diaryl/α,β-unsaturated/α-hetero) is 1. The number of hydrogen-bond donors (Lipinski definition) is 0. The van der Waals surface area contributed by atoms with Gasteiger partial charge in [0.1, 0.15) is 11.3 Å². The highest BCUT2D eigenvalue weighted by molar-refractivity contribution is 5.85. The first-order chi connectivity index (χ1) is 13.1. The molecular formula is C23H22O4. The van der Waals surface area contributed by atoms with Gasteiger partial charge in [-0.2, -0.15) is 0 Å². The molecule has 1 aromatic heterocycles. The van der Waals surface area contributed by atoms with Crippen LogP contribution < -0.4 is 10.4 Å². The van der Waals surface area contributed by atoms with Crippen molar-refractivity contribution in [2.45, 2.75) is 45.1 Å². The van der Waals surface area contributed by atoms with Gasteiger partial charge >= 0.3 is 5.63 Å². The van der Waals surface area contributed by atoms with Crippen LogP contribution in [0, 0.1) is 6.92 Å². The van der Waals surface area contributed by atoms with E-state index in [0.29, 0.717) is 29.7 Å². The van der Waals surface area contributed by atoms with Gasteiger partial charge in [-0.15, -0.1) is 0 Å². The van der Waals surface area contributed by atoms with Gasteiger partial charge in [0.2, 0.25) is 0 Å². The van der Waals surface area contributed by atoms with E-state index < -0.39 is 0 Å². The first-order valence-electron chi connectivity index (χ1n) is 9.41. The Morgan fingerprint density at radius 2 is 1.89 bits per heavy atom. The largest absolute Gasteiger partial charge is 0.483 e. The highest BCUT2D eigenvalue weighted by Gasteiger charge is 2.24. The summed E-state index contributed by atoms with van der Waals surface area (Å²) in [6, 6.07) is 15.4. The summed E-state index contributed by atoms with van der Waals surface area (Å²) in [4.78, 5) is 24.5. The van der Waals surface area contributed by atoms with Gasteiger partial charge < -0.3 is 9.15 Å². The molecule has 0 spiro atoms. The predicted molar refractivity (Wildman–Crippen MR) is 104 cm³/mol. The number of ketones is 1. The van der Waals surface area contributed by atoms with Crippen LogP contribution in [-0.2, 0) is 11.2 Å². The first kappa shape index (κ1) is 17.5. The molecule has 4 rings (SSSR count). The molecule has 0 amide bonds. The fraction of sp³-hybridized carbons (Fsp3) is 0.304. The number of aryl methyl sites for hydroxylation is 1. The molecule has 4 nitrogen and oxygen atoms in total. The number of benzene rings is 2. The van der Waals surface area contributed by atoms with Gasteiger partial charge in [-0.05, 0) is 49.4 Å². The van der Waals surface area contributed by atoms with Crippen LogP contribution in [0.25, 0.3) is 11.0 Å². The van der Waals surface area contributed by atoms with Gasteiger partial charge in [0.25, 0.3) is 0 Å². The summed E-state index contributed by atoms with van der Waals surface area (Å²) in [7, 11) is 0. The molecule has 27 heavy (non-hydrogen) atoms. The lowest BCUT2D eigenvalue weighted by molar-refractivity contribution is -0.127. The van der Waals surface area contributed by atoms with E-state index >= 15 is 0 Å².